The van der Waals surface area contributed by atoms with Crippen LogP contribution < -0.4 is 9.47 Å². The van der Waals surface area contributed by atoms with E-state index in [0.29, 0.717) is 54.7 Å². The minimum Gasteiger partial charge on any atom is -0.486 e. The van der Waals surface area contributed by atoms with Crippen molar-refractivity contribution < 1.29 is 24.2 Å². The molecule has 0 radical (unpaired) electrons. The largest absolute Gasteiger partial charge is 0.486 e. The topological polar surface area (TPSA) is 76.1 Å². The molecular weight excluding hydrogens is 310 g/mol. The molecule has 6 nitrogen and oxygen atoms in total. The van der Waals surface area contributed by atoms with Crippen LogP contribution in [0.1, 0.15) is 23.2 Å². The van der Waals surface area contributed by atoms with Gasteiger partial charge in [-0.2, -0.15) is 0 Å². The number of piperidine rings is 1. The maximum absolute atomic E-state index is 12.6. The molecule has 2 aliphatic rings. The molecule has 7 heteroatoms. The van der Waals surface area contributed by atoms with Gasteiger partial charge in [0.25, 0.3) is 5.91 Å². The van der Waals surface area contributed by atoms with E-state index in [0.717, 1.165) is 0 Å². The van der Waals surface area contributed by atoms with Gasteiger partial charge >= 0.3 is 5.97 Å². The number of likely N-dealkylation sites (tertiary alicyclic amines) is 1. The summed E-state index contributed by atoms with van der Waals surface area (Å²) in [7, 11) is 0. The van der Waals surface area contributed by atoms with E-state index >= 15 is 0 Å². The summed E-state index contributed by atoms with van der Waals surface area (Å²) >= 11 is 6.14. The van der Waals surface area contributed by atoms with Crippen molar-refractivity contribution in [2.24, 2.45) is 5.92 Å². The van der Waals surface area contributed by atoms with Crippen molar-refractivity contribution in [1.29, 1.82) is 0 Å². The van der Waals surface area contributed by atoms with Crippen LogP contribution in [0.2, 0.25) is 5.02 Å². The lowest BCUT2D eigenvalue weighted by molar-refractivity contribution is -0.143. The summed E-state index contributed by atoms with van der Waals surface area (Å²) in [4.78, 5) is 25.3. The third-order valence-electron chi connectivity index (χ3n) is 3.90. The molecule has 0 aromatic heterocycles. The highest BCUT2D eigenvalue weighted by Crippen LogP contribution is 2.38. The van der Waals surface area contributed by atoms with E-state index in [2.05, 4.69) is 0 Å². The molecule has 0 saturated carbocycles. The van der Waals surface area contributed by atoms with Gasteiger partial charge in [0.1, 0.15) is 13.2 Å². The average Bonchev–Trinajstić information content (AvgIpc) is 2.54. The van der Waals surface area contributed by atoms with Crippen LogP contribution >= 0.6 is 11.6 Å². The average molecular weight is 326 g/mol. The van der Waals surface area contributed by atoms with Crippen molar-refractivity contribution in [2.45, 2.75) is 12.8 Å². The van der Waals surface area contributed by atoms with E-state index in [1.165, 1.54) is 0 Å². The SMILES string of the molecule is O=C(O)[C@H]1CCCN(C(=O)c2cc(Cl)c3c(c2)OCCO3)C1. The Morgan fingerprint density at radius 2 is 2.05 bits per heavy atom. The molecule has 1 atom stereocenters. The molecule has 1 N–H and O–H groups in total. The van der Waals surface area contributed by atoms with Crippen molar-refractivity contribution in [3.8, 4) is 11.5 Å². The van der Waals surface area contributed by atoms with Gasteiger partial charge in [0.2, 0.25) is 0 Å². The highest BCUT2D eigenvalue weighted by atomic mass is 35.5. The first-order valence-corrected chi connectivity index (χ1v) is 7.55. The Bertz CT molecular complexity index is 618. The standard InChI is InChI=1S/C15H16ClNO5/c16-11-6-10(7-12-13(11)22-5-4-21-12)14(18)17-3-1-2-9(8-17)15(19)20/h6-7,9H,1-5,8H2,(H,19,20)/t9-/m0/s1. The van der Waals surface area contributed by atoms with Gasteiger partial charge in [-0.1, -0.05) is 11.6 Å². The van der Waals surface area contributed by atoms with Gasteiger partial charge in [-0.25, -0.2) is 0 Å². The molecule has 3 rings (SSSR count). The van der Waals surface area contributed by atoms with Gasteiger partial charge in [-0.15, -0.1) is 0 Å². The number of halogens is 1. The van der Waals surface area contributed by atoms with Gasteiger partial charge in [0, 0.05) is 18.7 Å². The smallest absolute Gasteiger partial charge is 0.308 e. The van der Waals surface area contributed by atoms with Crippen LogP contribution in [0.25, 0.3) is 0 Å². The number of benzene rings is 1. The fourth-order valence-corrected chi connectivity index (χ4v) is 3.05. The number of carbonyl (C=O) groups is 2. The van der Waals surface area contributed by atoms with Gasteiger partial charge < -0.3 is 19.5 Å². The number of carboxylic acid groups (broad SMARTS) is 1. The van der Waals surface area contributed by atoms with Gasteiger partial charge in [-0.3, -0.25) is 9.59 Å². The minimum absolute atomic E-state index is 0.222. The molecule has 118 valence electrons. The first kappa shape index (κ1) is 15.0. The van der Waals surface area contributed by atoms with E-state index < -0.39 is 11.9 Å². The van der Waals surface area contributed by atoms with Gasteiger partial charge in [-0.05, 0) is 25.0 Å². The summed E-state index contributed by atoms with van der Waals surface area (Å²) < 4.78 is 10.9. The number of nitrogens with zero attached hydrogens (tertiary/aromatic N) is 1. The lowest BCUT2D eigenvalue weighted by Gasteiger charge is -2.31. The Balaban J connectivity index is 1.83. The first-order chi connectivity index (χ1) is 10.6. The van der Waals surface area contributed by atoms with Gasteiger partial charge in [0.05, 0.1) is 10.9 Å². The Morgan fingerprint density at radius 3 is 2.82 bits per heavy atom. The Labute approximate surface area is 132 Å². The van der Waals surface area contributed by atoms with E-state index in [-0.39, 0.29) is 12.5 Å². The fourth-order valence-electron chi connectivity index (χ4n) is 2.78. The van der Waals surface area contributed by atoms with E-state index in [1.807, 2.05) is 0 Å². The molecule has 0 unspecified atom stereocenters. The van der Waals surface area contributed by atoms with Crippen LogP contribution in [0, 0.1) is 5.92 Å². The highest BCUT2D eigenvalue weighted by molar-refractivity contribution is 6.32. The molecule has 0 bridgehead atoms. The minimum atomic E-state index is -0.863. The summed E-state index contributed by atoms with van der Waals surface area (Å²) in [6.45, 7) is 1.60. The van der Waals surface area contributed by atoms with Crippen LogP contribution in [0.15, 0.2) is 12.1 Å². The van der Waals surface area contributed by atoms with Crippen LogP contribution in [0.5, 0.6) is 11.5 Å². The van der Waals surface area contributed by atoms with Crippen molar-refractivity contribution >= 4 is 23.5 Å². The van der Waals surface area contributed by atoms with Crippen LogP contribution in [0.4, 0.5) is 0 Å². The predicted molar refractivity (Wildman–Crippen MR) is 78.7 cm³/mol. The molecule has 1 aromatic rings. The number of fused-ring (bicyclic) bond motifs is 1. The monoisotopic (exact) mass is 325 g/mol. The van der Waals surface area contributed by atoms with E-state index in [4.69, 9.17) is 26.2 Å². The van der Waals surface area contributed by atoms with Crippen LogP contribution in [-0.2, 0) is 4.79 Å². The summed E-state index contributed by atoms with van der Waals surface area (Å²) in [5, 5.41) is 9.44. The third-order valence-corrected chi connectivity index (χ3v) is 4.18. The fraction of sp³-hybridized carbons (Fsp3) is 0.467. The number of amides is 1. The second-order valence-corrected chi connectivity index (χ2v) is 5.82. The van der Waals surface area contributed by atoms with Crippen LogP contribution in [0.3, 0.4) is 0 Å². The number of ether oxygens (including phenoxy) is 2. The maximum Gasteiger partial charge on any atom is 0.308 e. The number of carbonyl (C=O) groups excluding carboxylic acids is 1. The zero-order chi connectivity index (χ0) is 15.7. The zero-order valence-corrected chi connectivity index (χ0v) is 12.6. The van der Waals surface area contributed by atoms with Crippen molar-refractivity contribution in [1.82, 2.24) is 4.90 Å². The Kier molecular flexibility index (Phi) is 4.11. The zero-order valence-electron chi connectivity index (χ0n) is 11.9. The Hall–Kier alpha value is -1.95. The number of hydrogen-bond donors (Lipinski definition) is 1. The summed E-state index contributed by atoms with van der Waals surface area (Å²) in [5.74, 6) is -0.701. The first-order valence-electron chi connectivity index (χ1n) is 7.17. The lowest BCUT2D eigenvalue weighted by atomic mass is 9.97. The second-order valence-electron chi connectivity index (χ2n) is 5.41. The molecule has 1 aromatic carbocycles. The number of hydrogen-bond acceptors (Lipinski definition) is 4. The molecule has 1 saturated heterocycles. The maximum atomic E-state index is 12.6. The van der Waals surface area contributed by atoms with E-state index in [1.54, 1.807) is 17.0 Å². The second kappa shape index (κ2) is 6.04. The highest BCUT2D eigenvalue weighted by Gasteiger charge is 2.29. The molecule has 0 spiro atoms. The molecule has 2 aliphatic heterocycles. The van der Waals surface area contributed by atoms with Crippen molar-refractivity contribution in [3.05, 3.63) is 22.7 Å². The molecule has 22 heavy (non-hydrogen) atoms. The normalized spacial score (nSPS) is 20.6. The lowest BCUT2D eigenvalue weighted by Crippen LogP contribution is -2.42. The number of rotatable bonds is 2. The number of carboxylic acids is 1. The summed E-state index contributed by atoms with van der Waals surface area (Å²) in [5.41, 5.74) is 0.389. The molecule has 1 fully saturated rings. The van der Waals surface area contributed by atoms with Crippen molar-refractivity contribution in [3.63, 3.8) is 0 Å². The quantitative estimate of drug-likeness (QED) is 0.900. The molecule has 1 amide bonds. The molecular formula is C15H16ClNO5. The van der Waals surface area contributed by atoms with Gasteiger partial charge in [0.15, 0.2) is 11.5 Å². The van der Waals surface area contributed by atoms with Crippen LogP contribution in [-0.4, -0.2) is 48.2 Å². The Morgan fingerprint density at radius 1 is 1.27 bits per heavy atom. The molecule has 2 heterocycles. The predicted octanol–water partition coefficient (Wildman–Crippen LogP) is 2.05. The summed E-state index contributed by atoms with van der Waals surface area (Å²) in [6.07, 6.45) is 1.28. The van der Waals surface area contributed by atoms with Crippen molar-refractivity contribution in [2.75, 3.05) is 26.3 Å². The number of aliphatic carboxylic acids is 1. The summed E-state index contributed by atoms with van der Waals surface area (Å²) in [6, 6.07) is 3.15. The molecule has 0 aliphatic carbocycles. The van der Waals surface area contributed by atoms with E-state index in [9.17, 15) is 9.59 Å². The third kappa shape index (κ3) is 2.83.